The molecule has 0 aliphatic heterocycles. The minimum Gasteiger partial charge on any atom is -0.192 e. The highest BCUT2D eigenvalue weighted by molar-refractivity contribution is 5.14. The van der Waals surface area contributed by atoms with Crippen LogP contribution in [0.4, 0.5) is 79.0 Å². The normalized spacial score (nSPS) is 15.5. The second kappa shape index (κ2) is 8.94. The van der Waals surface area contributed by atoms with E-state index in [9.17, 15) is 79.0 Å². The van der Waals surface area contributed by atoms with Crippen LogP contribution in [0, 0.1) is 0 Å². The number of hydrogen-bond donors (Lipinski definition) is 0. The third-order valence-corrected chi connectivity index (χ3v) is 3.39. The Morgan fingerprint density at radius 3 is 0.581 bits per heavy atom. The van der Waals surface area contributed by atoms with Gasteiger partial charge in [-0.05, 0) is 0 Å². The van der Waals surface area contributed by atoms with Crippen LogP contribution >= 0.6 is 0 Å². The minimum absolute atomic E-state index is 1.34. The predicted octanol–water partition coefficient (Wildman–Crippen LogP) is 8.12. The first-order valence-electron chi connectivity index (χ1n) is 7.57. The molecule has 0 radical (unpaired) electrons. The van der Waals surface area contributed by atoms with Crippen molar-refractivity contribution in [3.8, 4) is 0 Å². The summed E-state index contributed by atoms with van der Waals surface area (Å²) in [5, 5.41) is 0. The van der Waals surface area contributed by atoms with E-state index in [4.69, 9.17) is 0 Å². The summed E-state index contributed by atoms with van der Waals surface area (Å²) in [5.41, 5.74) is 0. The lowest BCUT2D eigenvalue weighted by atomic mass is 9.91. The molecule has 0 spiro atoms. The SMILES string of the molecule is CCCCC.FC(F)(F)C(F)(F)C(F)(F)C(F)(F)C(F)(F)C(F)(F)C(F)(F)C(F)(F)F. The van der Waals surface area contributed by atoms with E-state index in [1.165, 1.54) is 19.3 Å². The van der Waals surface area contributed by atoms with Gasteiger partial charge in [-0.1, -0.05) is 33.1 Å². The van der Waals surface area contributed by atoms with Crippen molar-refractivity contribution >= 4 is 0 Å². The van der Waals surface area contributed by atoms with E-state index in [1.54, 1.807) is 0 Å². The van der Waals surface area contributed by atoms with Crippen LogP contribution < -0.4 is 0 Å². The van der Waals surface area contributed by atoms with E-state index in [0.717, 1.165) is 0 Å². The van der Waals surface area contributed by atoms with Gasteiger partial charge in [0.1, 0.15) is 0 Å². The van der Waals surface area contributed by atoms with Crippen molar-refractivity contribution in [3.63, 3.8) is 0 Å². The van der Waals surface area contributed by atoms with Crippen molar-refractivity contribution in [1.29, 1.82) is 0 Å². The van der Waals surface area contributed by atoms with Gasteiger partial charge >= 0.3 is 47.9 Å². The zero-order valence-electron chi connectivity index (χ0n) is 14.9. The molecule has 0 aliphatic carbocycles. The molecule has 0 saturated heterocycles. The molecule has 0 rings (SSSR count). The van der Waals surface area contributed by atoms with Crippen LogP contribution in [0.5, 0.6) is 0 Å². The fraction of sp³-hybridized carbons (Fsp3) is 1.00. The van der Waals surface area contributed by atoms with E-state index in [-0.39, 0.29) is 0 Å². The second-order valence-corrected chi connectivity index (χ2v) is 5.80. The van der Waals surface area contributed by atoms with Gasteiger partial charge in [0, 0.05) is 0 Å². The molecule has 190 valence electrons. The van der Waals surface area contributed by atoms with E-state index in [1.807, 2.05) is 0 Å². The lowest BCUT2D eigenvalue weighted by Gasteiger charge is -2.41. The molecule has 0 saturated carbocycles. The summed E-state index contributed by atoms with van der Waals surface area (Å²) in [5.74, 6) is -51.0. The first kappa shape index (κ1) is 31.9. The van der Waals surface area contributed by atoms with Crippen molar-refractivity contribution in [2.45, 2.75) is 81.0 Å². The van der Waals surface area contributed by atoms with Crippen molar-refractivity contribution < 1.29 is 79.0 Å². The highest BCUT2D eigenvalue weighted by Gasteiger charge is 2.95. The lowest BCUT2D eigenvalue weighted by Crippen LogP contribution is -2.74. The zero-order chi connectivity index (χ0) is 26.1. The molecule has 0 amide bonds. The average Bonchev–Trinajstić information content (AvgIpc) is 2.53. The molecule has 0 bridgehead atoms. The fourth-order valence-corrected chi connectivity index (χ4v) is 1.50. The number of halogens is 18. The molecule has 0 aliphatic rings. The third-order valence-electron chi connectivity index (χ3n) is 3.39. The number of alkyl halides is 18. The Morgan fingerprint density at radius 1 is 0.323 bits per heavy atom. The molecular formula is C13H12F18. The minimum atomic E-state index is -8.72. The molecule has 0 nitrogen and oxygen atoms in total. The summed E-state index contributed by atoms with van der Waals surface area (Å²) in [4.78, 5) is 0. The Hall–Kier alpha value is -1.26. The number of unbranched alkanes of at least 4 members (excludes halogenated alkanes) is 2. The first-order valence-corrected chi connectivity index (χ1v) is 7.57. The average molecular weight is 510 g/mol. The van der Waals surface area contributed by atoms with Gasteiger partial charge in [0.05, 0.1) is 0 Å². The largest absolute Gasteiger partial charge is 0.460 e. The van der Waals surface area contributed by atoms with Crippen LogP contribution in [-0.4, -0.2) is 47.9 Å². The van der Waals surface area contributed by atoms with E-state index in [0.29, 0.717) is 0 Å². The summed E-state index contributed by atoms with van der Waals surface area (Å²) < 4.78 is 221. The highest BCUT2D eigenvalue weighted by Crippen LogP contribution is 2.63. The molecule has 0 fully saturated rings. The first-order chi connectivity index (χ1) is 13.2. The van der Waals surface area contributed by atoms with Crippen LogP contribution in [0.1, 0.15) is 33.1 Å². The van der Waals surface area contributed by atoms with E-state index in [2.05, 4.69) is 13.8 Å². The molecular weight excluding hydrogens is 498 g/mol. The molecule has 0 N–H and O–H groups in total. The second-order valence-electron chi connectivity index (χ2n) is 5.80. The Labute approximate surface area is 161 Å². The summed E-state index contributed by atoms with van der Waals surface area (Å²) in [6.45, 7) is 4.42. The molecule has 0 heterocycles. The van der Waals surface area contributed by atoms with E-state index >= 15 is 0 Å². The zero-order valence-corrected chi connectivity index (χ0v) is 14.9. The van der Waals surface area contributed by atoms with Gasteiger partial charge in [-0.3, -0.25) is 0 Å². The maximum atomic E-state index is 12.8. The smallest absolute Gasteiger partial charge is 0.192 e. The van der Waals surface area contributed by atoms with Gasteiger partial charge in [0.15, 0.2) is 0 Å². The van der Waals surface area contributed by atoms with Gasteiger partial charge in [-0.2, -0.15) is 79.0 Å². The van der Waals surface area contributed by atoms with Gasteiger partial charge in [0.25, 0.3) is 0 Å². The van der Waals surface area contributed by atoms with Crippen LogP contribution in [-0.2, 0) is 0 Å². The van der Waals surface area contributed by atoms with E-state index < -0.39 is 47.9 Å². The molecule has 0 aromatic rings. The van der Waals surface area contributed by atoms with Crippen LogP contribution in [0.3, 0.4) is 0 Å². The Kier molecular flexibility index (Phi) is 9.21. The summed E-state index contributed by atoms with van der Waals surface area (Å²) in [7, 11) is 0. The predicted molar refractivity (Wildman–Crippen MR) is 67.0 cm³/mol. The van der Waals surface area contributed by atoms with Crippen LogP contribution in [0.2, 0.25) is 0 Å². The number of rotatable bonds is 7. The Morgan fingerprint density at radius 2 is 0.484 bits per heavy atom. The lowest BCUT2D eigenvalue weighted by molar-refractivity contribution is -0.468. The van der Waals surface area contributed by atoms with Crippen LogP contribution in [0.15, 0.2) is 0 Å². The monoisotopic (exact) mass is 510 g/mol. The van der Waals surface area contributed by atoms with Crippen molar-refractivity contribution in [2.75, 3.05) is 0 Å². The molecule has 0 aromatic carbocycles. The highest BCUT2D eigenvalue weighted by atomic mass is 19.4. The van der Waals surface area contributed by atoms with Crippen LogP contribution in [0.25, 0.3) is 0 Å². The quantitative estimate of drug-likeness (QED) is 0.304. The summed E-state index contributed by atoms with van der Waals surface area (Å²) in [6, 6.07) is 0. The standard InChI is InChI=1S/C8F18.C5H12/c9-1(10,3(13,14)5(17,18)7(21,22)23)2(11,12)4(15,16)6(19,20)8(24,25)26;1-3-5-4-2/h;3-5H2,1-2H3. The van der Waals surface area contributed by atoms with Gasteiger partial charge in [-0.15, -0.1) is 0 Å². The van der Waals surface area contributed by atoms with Crippen molar-refractivity contribution in [1.82, 2.24) is 0 Å². The Bertz CT molecular complexity index is 516. The van der Waals surface area contributed by atoms with Crippen molar-refractivity contribution in [3.05, 3.63) is 0 Å². The molecule has 31 heavy (non-hydrogen) atoms. The third kappa shape index (κ3) is 5.06. The maximum Gasteiger partial charge on any atom is 0.460 e. The van der Waals surface area contributed by atoms with Crippen molar-refractivity contribution in [2.24, 2.45) is 0 Å². The fourth-order valence-electron chi connectivity index (χ4n) is 1.50. The maximum absolute atomic E-state index is 12.8. The van der Waals surface area contributed by atoms with Gasteiger partial charge in [0.2, 0.25) is 0 Å². The Balaban J connectivity index is 0. The molecule has 0 atom stereocenters. The molecule has 0 unspecified atom stereocenters. The number of hydrogen-bond acceptors (Lipinski definition) is 0. The topological polar surface area (TPSA) is 0 Å². The summed E-state index contributed by atoms with van der Waals surface area (Å²) in [6.07, 6.45) is -11.5. The van der Waals surface area contributed by atoms with Gasteiger partial charge < -0.3 is 0 Å². The summed E-state index contributed by atoms with van der Waals surface area (Å²) >= 11 is 0. The van der Waals surface area contributed by atoms with Gasteiger partial charge in [-0.25, -0.2) is 0 Å². The molecule has 0 aromatic heterocycles. The molecule has 18 heteroatoms.